The van der Waals surface area contributed by atoms with Crippen molar-refractivity contribution >= 4 is 15.9 Å². The normalized spacial score (nSPS) is 19.6. The van der Waals surface area contributed by atoms with E-state index < -0.39 is 0 Å². The Morgan fingerprint density at radius 1 is 1.50 bits per heavy atom. The topological polar surface area (TPSA) is 56.0 Å². The second-order valence-electron chi connectivity index (χ2n) is 5.13. The van der Waals surface area contributed by atoms with Crippen LogP contribution in [0.1, 0.15) is 18.2 Å². The SMILES string of the molecule is Cn1ccc(CN2CCC(n3cc(Br)cn3)C2)nc1=O. The maximum absolute atomic E-state index is 11.5. The van der Waals surface area contributed by atoms with Gasteiger partial charge in [-0.25, -0.2) is 4.79 Å². The van der Waals surface area contributed by atoms with Crippen LogP contribution >= 0.6 is 15.9 Å². The Morgan fingerprint density at radius 3 is 3.05 bits per heavy atom. The van der Waals surface area contributed by atoms with Crippen molar-refractivity contribution in [2.24, 2.45) is 7.05 Å². The van der Waals surface area contributed by atoms with Gasteiger partial charge in [0.25, 0.3) is 0 Å². The average Bonchev–Trinajstić information content (AvgIpc) is 3.03. The molecule has 6 nitrogen and oxygen atoms in total. The minimum atomic E-state index is -0.200. The molecule has 20 heavy (non-hydrogen) atoms. The molecule has 0 N–H and O–H groups in total. The summed E-state index contributed by atoms with van der Waals surface area (Å²) >= 11 is 3.42. The van der Waals surface area contributed by atoms with E-state index >= 15 is 0 Å². The minimum Gasteiger partial charge on any atom is -0.302 e. The number of halogens is 1. The third-order valence-electron chi connectivity index (χ3n) is 3.61. The van der Waals surface area contributed by atoms with Crippen LogP contribution in [0.25, 0.3) is 0 Å². The van der Waals surface area contributed by atoms with Crippen molar-refractivity contribution in [2.45, 2.75) is 19.0 Å². The van der Waals surface area contributed by atoms with Gasteiger partial charge in [-0.3, -0.25) is 9.58 Å². The molecule has 1 fully saturated rings. The molecule has 0 aliphatic carbocycles. The third kappa shape index (κ3) is 2.83. The summed E-state index contributed by atoms with van der Waals surface area (Å²) in [5, 5.41) is 4.34. The van der Waals surface area contributed by atoms with Crippen LogP contribution in [-0.4, -0.2) is 37.3 Å². The quantitative estimate of drug-likeness (QED) is 0.844. The molecule has 106 valence electrons. The molecule has 7 heteroatoms. The van der Waals surface area contributed by atoms with Crippen molar-refractivity contribution in [3.8, 4) is 0 Å². The molecule has 0 radical (unpaired) electrons. The van der Waals surface area contributed by atoms with Gasteiger partial charge in [0.1, 0.15) is 0 Å². The van der Waals surface area contributed by atoms with Crippen molar-refractivity contribution in [2.75, 3.05) is 13.1 Å². The van der Waals surface area contributed by atoms with E-state index in [0.29, 0.717) is 6.04 Å². The highest BCUT2D eigenvalue weighted by Crippen LogP contribution is 2.23. The lowest BCUT2D eigenvalue weighted by molar-refractivity contribution is 0.307. The molecule has 3 rings (SSSR count). The van der Waals surface area contributed by atoms with E-state index in [-0.39, 0.29) is 5.69 Å². The molecule has 1 saturated heterocycles. The molecule has 1 unspecified atom stereocenters. The van der Waals surface area contributed by atoms with E-state index in [2.05, 4.69) is 30.9 Å². The van der Waals surface area contributed by atoms with Gasteiger partial charge in [0, 0.05) is 39.1 Å². The highest BCUT2D eigenvalue weighted by atomic mass is 79.9. The number of hydrogen-bond acceptors (Lipinski definition) is 4. The zero-order valence-electron chi connectivity index (χ0n) is 11.2. The Kier molecular flexibility index (Phi) is 3.71. The molecule has 0 bridgehead atoms. The minimum absolute atomic E-state index is 0.200. The molecule has 1 aliphatic rings. The van der Waals surface area contributed by atoms with Crippen LogP contribution < -0.4 is 5.69 Å². The number of aryl methyl sites for hydroxylation is 1. The summed E-state index contributed by atoms with van der Waals surface area (Å²) in [7, 11) is 1.71. The van der Waals surface area contributed by atoms with Crippen LogP contribution in [0.3, 0.4) is 0 Å². The highest BCUT2D eigenvalue weighted by Gasteiger charge is 2.24. The van der Waals surface area contributed by atoms with Crippen LogP contribution in [-0.2, 0) is 13.6 Å². The van der Waals surface area contributed by atoms with E-state index in [1.165, 1.54) is 4.57 Å². The number of hydrogen-bond donors (Lipinski definition) is 0. The molecular weight excluding hydrogens is 322 g/mol. The van der Waals surface area contributed by atoms with Crippen LogP contribution in [0, 0.1) is 0 Å². The summed E-state index contributed by atoms with van der Waals surface area (Å²) < 4.78 is 4.49. The van der Waals surface area contributed by atoms with Gasteiger partial charge in [0.05, 0.1) is 22.4 Å². The molecule has 1 aliphatic heterocycles. The van der Waals surface area contributed by atoms with Gasteiger partial charge in [-0.05, 0) is 28.4 Å². The lowest BCUT2D eigenvalue weighted by Crippen LogP contribution is -2.26. The second kappa shape index (κ2) is 5.49. The van der Waals surface area contributed by atoms with Gasteiger partial charge in [-0.1, -0.05) is 0 Å². The monoisotopic (exact) mass is 337 g/mol. The second-order valence-corrected chi connectivity index (χ2v) is 6.04. The van der Waals surface area contributed by atoms with Crippen LogP contribution in [0.2, 0.25) is 0 Å². The van der Waals surface area contributed by atoms with Crippen molar-refractivity contribution < 1.29 is 0 Å². The Bertz CT molecular complexity index is 665. The van der Waals surface area contributed by atoms with Crippen molar-refractivity contribution in [1.29, 1.82) is 0 Å². The molecule has 0 saturated carbocycles. The van der Waals surface area contributed by atoms with Gasteiger partial charge in [-0.2, -0.15) is 10.1 Å². The summed E-state index contributed by atoms with van der Waals surface area (Å²) in [5.41, 5.74) is 0.629. The first kappa shape index (κ1) is 13.5. The zero-order valence-corrected chi connectivity index (χ0v) is 12.8. The lowest BCUT2D eigenvalue weighted by atomic mass is 10.3. The first-order valence-corrected chi connectivity index (χ1v) is 7.36. The fourth-order valence-electron chi connectivity index (χ4n) is 2.50. The first-order valence-electron chi connectivity index (χ1n) is 6.56. The van der Waals surface area contributed by atoms with E-state index in [1.807, 2.05) is 23.1 Å². The molecule has 0 aromatic carbocycles. The Balaban J connectivity index is 1.65. The largest absolute Gasteiger partial charge is 0.347 e. The average molecular weight is 338 g/mol. The number of likely N-dealkylation sites (tertiary alicyclic amines) is 1. The van der Waals surface area contributed by atoms with Gasteiger partial charge >= 0.3 is 5.69 Å². The Labute approximate surface area is 125 Å². The summed E-state index contributed by atoms with van der Waals surface area (Å²) in [4.78, 5) is 17.9. The summed E-state index contributed by atoms with van der Waals surface area (Å²) in [6, 6.07) is 2.30. The molecule has 1 atom stereocenters. The number of aromatic nitrogens is 4. The van der Waals surface area contributed by atoms with E-state index in [0.717, 1.165) is 36.2 Å². The Morgan fingerprint density at radius 2 is 2.35 bits per heavy atom. The first-order chi connectivity index (χ1) is 9.61. The highest BCUT2D eigenvalue weighted by molar-refractivity contribution is 9.10. The number of rotatable bonds is 3. The van der Waals surface area contributed by atoms with Crippen molar-refractivity contribution in [3.05, 3.63) is 45.3 Å². The fourth-order valence-corrected chi connectivity index (χ4v) is 2.81. The molecular formula is C13H16BrN5O. The molecule has 2 aromatic heterocycles. The van der Waals surface area contributed by atoms with E-state index in [9.17, 15) is 4.79 Å². The van der Waals surface area contributed by atoms with Crippen molar-refractivity contribution in [3.63, 3.8) is 0 Å². The lowest BCUT2D eigenvalue weighted by Gasteiger charge is -2.15. The standard InChI is InChI=1S/C13H16BrN5O/c1-17-4-2-11(16-13(17)20)8-18-5-3-12(9-18)19-7-10(14)6-15-19/h2,4,6-7,12H,3,5,8-9H2,1H3. The summed E-state index contributed by atoms with van der Waals surface area (Å²) in [6.45, 7) is 2.65. The third-order valence-corrected chi connectivity index (χ3v) is 4.02. The van der Waals surface area contributed by atoms with Gasteiger partial charge in [0.15, 0.2) is 0 Å². The predicted octanol–water partition coefficient (Wildman–Crippen LogP) is 1.19. The van der Waals surface area contributed by atoms with Gasteiger partial charge in [0.2, 0.25) is 0 Å². The van der Waals surface area contributed by atoms with E-state index in [4.69, 9.17) is 0 Å². The number of nitrogens with zero attached hydrogens (tertiary/aromatic N) is 5. The molecule has 2 aromatic rings. The molecule has 3 heterocycles. The molecule has 0 amide bonds. The van der Waals surface area contributed by atoms with Gasteiger partial charge in [-0.15, -0.1) is 0 Å². The summed E-state index contributed by atoms with van der Waals surface area (Å²) in [6.07, 6.45) is 6.65. The van der Waals surface area contributed by atoms with E-state index in [1.54, 1.807) is 13.2 Å². The maximum atomic E-state index is 11.5. The zero-order chi connectivity index (χ0) is 14.1. The Hall–Kier alpha value is -1.47. The van der Waals surface area contributed by atoms with Crippen molar-refractivity contribution in [1.82, 2.24) is 24.2 Å². The van der Waals surface area contributed by atoms with Crippen LogP contribution in [0.15, 0.2) is 33.9 Å². The fraction of sp³-hybridized carbons (Fsp3) is 0.462. The summed E-state index contributed by atoms with van der Waals surface area (Å²) in [5.74, 6) is 0. The maximum Gasteiger partial charge on any atom is 0.347 e. The predicted molar refractivity (Wildman–Crippen MR) is 78.3 cm³/mol. The van der Waals surface area contributed by atoms with Crippen LogP contribution in [0.4, 0.5) is 0 Å². The van der Waals surface area contributed by atoms with Crippen LogP contribution in [0.5, 0.6) is 0 Å². The van der Waals surface area contributed by atoms with Gasteiger partial charge < -0.3 is 4.57 Å². The molecule has 0 spiro atoms. The smallest absolute Gasteiger partial charge is 0.302 e.